The summed E-state index contributed by atoms with van der Waals surface area (Å²) >= 11 is 0. The smallest absolute Gasteiger partial charge is 0.310 e. The van der Waals surface area contributed by atoms with E-state index in [4.69, 9.17) is 5.26 Å². The van der Waals surface area contributed by atoms with E-state index in [1.54, 1.807) is 24.7 Å². The van der Waals surface area contributed by atoms with Crippen molar-refractivity contribution >= 4 is 11.9 Å². The van der Waals surface area contributed by atoms with Gasteiger partial charge in [0.1, 0.15) is 6.07 Å². The number of methoxy groups -OCH3 is 1. The molecule has 0 saturated carbocycles. The number of ether oxygens (including phenoxy) is 1. The minimum atomic E-state index is -0.359. The second-order valence-corrected chi connectivity index (χ2v) is 5.00. The first-order valence-corrected chi connectivity index (χ1v) is 7.22. The molecule has 0 bridgehead atoms. The molecule has 24 heavy (non-hydrogen) atoms. The molecular formula is C17H16N4O3. The van der Waals surface area contributed by atoms with Crippen LogP contribution in [0.15, 0.2) is 36.9 Å². The van der Waals surface area contributed by atoms with Crippen LogP contribution in [-0.2, 0) is 33.7 Å². The van der Waals surface area contributed by atoms with Crippen molar-refractivity contribution in [2.45, 2.75) is 19.4 Å². The second-order valence-electron chi connectivity index (χ2n) is 5.00. The van der Waals surface area contributed by atoms with Crippen molar-refractivity contribution in [3.8, 4) is 6.07 Å². The van der Waals surface area contributed by atoms with Crippen molar-refractivity contribution in [3.05, 3.63) is 59.2 Å². The topological polar surface area (TPSA) is 105 Å². The van der Waals surface area contributed by atoms with Crippen LogP contribution >= 0.6 is 0 Å². The molecule has 0 aliphatic carbocycles. The van der Waals surface area contributed by atoms with E-state index in [0.717, 1.165) is 11.1 Å². The van der Waals surface area contributed by atoms with E-state index in [1.165, 1.54) is 13.3 Å². The van der Waals surface area contributed by atoms with E-state index >= 15 is 0 Å². The van der Waals surface area contributed by atoms with Crippen molar-refractivity contribution in [1.82, 2.24) is 15.3 Å². The summed E-state index contributed by atoms with van der Waals surface area (Å²) in [4.78, 5) is 29.5. The molecule has 1 aliphatic heterocycles. The van der Waals surface area contributed by atoms with Crippen LogP contribution in [0.2, 0.25) is 0 Å². The molecule has 0 atom stereocenters. The van der Waals surface area contributed by atoms with Crippen LogP contribution in [0.4, 0.5) is 0 Å². The number of hydrogen-bond acceptors (Lipinski definition) is 6. The van der Waals surface area contributed by atoms with Crippen molar-refractivity contribution in [3.63, 3.8) is 0 Å². The average Bonchev–Trinajstić information content (AvgIpc) is 2.62. The predicted molar refractivity (Wildman–Crippen MR) is 84.5 cm³/mol. The van der Waals surface area contributed by atoms with E-state index in [0.29, 0.717) is 24.1 Å². The first-order valence-electron chi connectivity index (χ1n) is 7.22. The fourth-order valence-electron chi connectivity index (χ4n) is 2.12. The van der Waals surface area contributed by atoms with Gasteiger partial charge in [0.15, 0.2) is 0 Å². The van der Waals surface area contributed by atoms with Gasteiger partial charge in [0.05, 0.1) is 25.5 Å². The Bertz CT molecular complexity index is 783. The molecule has 7 heteroatoms. The normalized spacial score (nSPS) is 11.9. The lowest BCUT2D eigenvalue weighted by molar-refractivity contribution is -0.139. The highest BCUT2D eigenvalue weighted by atomic mass is 16.5. The number of nitrogens with one attached hydrogen (secondary N) is 1. The summed E-state index contributed by atoms with van der Waals surface area (Å²) in [5.41, 5.74) is 3.29. The van der Waals surface area contributed by atoms with Gasteiger partial charge in [-0.2, -0.15) is 5.26 Å². The lowest BCUT2D eigenvalue weighted by atomic mass is 10.0. The summed E-state index contributed by atoms with van der Waals surface area (Å²) in [6.07, 6.45) is 7.10. The van der Waals surface area contributed by atoms with Crippen molar-refractivity contribution < 1.29 is 14.3 Å². The zero-order valence-electron chi connectivity index (χ0n) is 13.2. The summed E-state index contributed by atoms with van der Waals surface area (Å²) in [5.74, 6) is -0.258. The number of carbonyl (C=O) groups is 2. The molecule has 1 amide bonds. The molecule has 0 spiro atoms. The van der Waals surface area contributed by atoms with Crippen LogP contribution in [0, 0.1) is 11.3 Å². The summed E-state index contributed by atoms with van der Waals surface area (Å²) in [6, 6.07) is 5.49. The van der Waals surface area contributed by atoms with Crippen LogP contribution in [0.5, 0.6) is 0 Å². The lowest BCUT2D eigenvalue weighted by Crippen LogP contribution is -2.30. The lowest BCUT2D eigenvalue weighted by Gasteiger charge is -2.14. The van der Waals surface area contributed by atoms with E-state index in [9.17, 15) is 9.59 Å². The van der Waals surface area contributed by atoms with Gasteiger partial charge in [-0.15, -0.1) is 0 Å². The molecule has 1 aliphatic rings. The first-order chi connectivity index (χ1) is 11.6. The molecule has 0 radical (unpaired) electrons. The Morgan fingerprint density at radius 2 is 2.04 bits per heavy atom. The summed E-state index contributed by atoms with van der Waals surface area (Å²) < 4.78 is 4.48. The van der Waals surface area contributed by atoms with Gasteiger partial charge in [0.25, 0.3) is 0 Å². The van der Waals surface area contributed by atoms with Gasteiger partial charge in [0.2, 0.25) is 5.91 Å². The molecule has 0 saturated heterocycles. The monoisotopic (exact) mass is 324 g/mol. The highest BCUT2D eigenvalue weighted by molar-refractivity contribution is 5.80. The Morgan fingerprint density at radius 3 is 2.79 bits per heavy atom. The summed E-state index contributed by atoms with van der Waals surface area (Å²) in [5, 5.41) is 11.4. The Kier molecular flexibility index (Phi) is 5.97. The third kappa shape index (κ3) is 4.61. The number of fused-ring (bicyclic) bond motifs is 1. The number of hydrogen-bond donors (Lipinski definition) is 1. The molecule has 0 unspecified atom stereocenters. The van der Waals surface area contributed by atoms with Gasteiger partial charge in [-0.3, -0.25) is 19.6 Å². The maximum atomic E-state index is 10.9. The minimum Gasteiger partial charge on any atom is -0.469 e. The van der Waals surface area contributed by atoms with Crippen LogP contribution in [0.3, 0.4) is 0 Å². The number of carbonyl (C=O) groups excluding carboxylic acids is 2. The number of aromatic nitrogens is 2. The van der Waals surface area contributed by atoms with Gasteiger partial charge in [0, 0.05) is 31.3 Å². The highest BCUT2D eigenvalue weighted by Crippen LogP contribution is 2.11. The average molecular weight is 324 g/mol. The maximum Gasteiger partial charge on any atom is 0.310 e. The molecular weight excluding hydrogens is 308 g/mol. The van der Waals surface area contributed by atoms with Crippen LogP contribution < -0.4 is 5.32 Å². The number of nitriles is 1. The first kappa shape index (κ1) is 17.1. The quantitative estimate of drug-likeness (QED) is 0.824. The minimum absolute atomic E-state index is 0.101. The van der Waals surface area contributed by atoms with E-state index in [2.05, 4.69) is 20.0 Å². The van der Waals surface area contributed by atoms with Gasteiger partial charge in [-0.05, 0) is 28.8 Å². The number of amides is 1. The van der Waals surface area contributed by atoms with Crippen LogP contribution in [-0.4, -0.2) is 29.0 Å². The molecule has 7 nitrogen and oxygen atoms in total. The maximum absolute atomic E-state index is 10.9. The number of pyridine rings is 2. The molecule has 1 N–H and O–H groups in total. The summed E-state index contributed by atoms with van der Waals surface area (Å²) in [6.45, 7) is 0.627. The molecule has 122 valence electrons. The van der Waals surface area contributed by atoms with Gasteiger partial charge in [-0.1, -0.05) is 0 Å². The van der Waals surface area contributed by atoms with Gasteiger partial charge in [-0.25, -0.2) is 0 Å². The van der Waals surface area contributed by atoms with E-state index in [-0.39, 0.29) is 18.3 Å². The van der Waals surface area contributed by atoms with Gasteiger partial charge < -0.3 is 10.1 Å². The third-order valence-corrected chi connectivity index (χ3v) is 3.43. The van der Waals surface area contributed by atoms with Crippen molar-refractivity contribution in [2.75, 3.05) is 7.11 Å². The highest BCUT2D eigenvalue weighted by Gasteiger charge is 2.13. The number of esters is 1. The summed E-state index contributed by atoms with van der Waals surface area (Å²) in [7, 11) is 1.32. The molecule has 3 heterocycles. The second kappa shape index (κ2) is 8.39. The standard InChI is InChI=1S/C9H8N2O2.C8H8N2O/c1-13-9(12)4-7-2-3-11-6-8(7)5-10;11-8-3-6-1-2-9-4-7(6)5-10-8/h2-3,6H,4H2,1H3;1-2,4H,3,5H2,(H,10,11). The predicted octanol–water partition coefficient (Wildman–Crippen LogP) is 0.923. The van der Waals surface area contributed by atoms with Crippen molar-refractivity contribution in [2.24, 2.45) is 0 Å². The fraction of sp³-hybridized carbons (Fsp3) is 0.235. The Balaban J connectivity index is 0.000000175. The molecule has 0 aromatic carbocycles. The molecule has 2 aromatic heterocycles. The van der Waals surface area contributed by atoms with E-state index < -0.39 is 0 Å². The number of rotatable bonds is 2. The van der Waals surface area contributed by atoms with E-state index in [1.807, 2.05) is 12.1 Å². The largest absolute Gasteiger partial charge is 0.469 e. The SMILES string of the molecule is COC(=O)Cc1ccncc1C#N.O=C1Cc2ccncc2CN1. The molecule has 0 fully saturated rings. The fourth-order valence-corrected chi connectivity index (χ4v) is 2.12. The Labute approximate surface area is 139 Å². The van der Waals surface area contributed by atoms with Crippen molar-refractivity contribution in [1.29, 1.82) is 5.26 Å². The van der Waals surface area contributed by atoms with Gasteiger partial charge >= 0.3 is 5.97 Å². The number of nitrogens with zero attached hydrogens (tertiary/aromatic N) is 3. The zero-order chi connectivity index (χ0) is 17.4. The van der Waals surface area contributed by atoms with Crippen LogP contribution in [0.1, 0.15) is 22.3 Å². The Morgan fingerprint density at radius 1 is 1.29 bits per heavy atom. The molecule has 2 aromatic rings. The zero-order valence-corrected chi connectivity index (χ0v) is 13.2. The molecule has 3 rings (SSSR count). The Hall–Kier alpha value is -3.27. The van der Waals surface area contributed by atoms with Crippen LogP contribution in [0.25, 0.3) is 0 Å². The third-order valence-electron chi connectivity index (χ3n) is 3.43.